The Balaban J connectivity index is 1.62. The van der Waals surface area contributed by atoms with Crippen molar-refractivity contribution in [1.29, 1.82) is 0 Å². The molecule has 1 atom stereocenters. The molecule has 0 saturated carbocycles. The normalized spacial score (nSPS) is 16.4. The molecular weight excluding hydrogens is 490 g/mol. The van der Waals surface area contributed by atoms with E-state index in [1.165, 1.54) is 5.01 Å². The van der Waals surface area contributed by atoms with Crippen molar-refractivity contribution >= 4 is 17.3 Å². The van der Waals surface area contributed by atoms with Crippen molar-refractivity contribution in [3.05, 3.63) is 76.4 Å². The van der Waals surface area contributed by atoms with Crippen molar-refractivity contribution in [2.45, 2.75) is 58.0 Å². The Morgan fingerprint density at radius 1 is 1.18 bits per heavy atom. The van der Waals surface area contributed by atoms with Crippen molar-refractivity contribution in [3.8, 4) is 0 Å². The van der Waals surface area contributed by atoms with Gasteiger partial charge in [0.2, 0.25) is 0 Å². The Hall–Kier alpha value is -3.50. The summed E-state index contributed by atoms with van der Waals surface area (Å²) in [5.74, 6) is 2.83. The summed E-state index contributed by atoms with van der Waals surface area (Å²) in [5, 5.41) is 11.2. The Labute approximate surface area is 221 Å². The fraction of sp³-hybridized carbons (Fsp3) is 0.429. The van der Waals surface area contributed by atoms with Crippen molar-refractivity contribution < 1.29 is 18.7 Å². The molecule has 0 bridgehead atoms. The van der Waals surface area contributed by atoms with Crippen molar-refractivity contribution in [1.82, 2.24) is 14.5 Å². The third-order valence-electron chi connectivity index (χ3n) is 7.54. The predicted molar refractivity (Wildman–Crippen MR) is 144 cm³/mol. The molecule has 0 amide bonds. The van der Waals surface area contributed by atoms with Crippen LogP contribution in [0.1, 0.15) is 58.8 Å². The Morgan fingerprint density at radius 3 is 2.55 bits per heavy atom. The van der Waals surface area contributed by atoms with E-state index in [0.29, 0.717) is 37.6 Å². The van der Waals surface area contributed by atoms with Gasteiger partial charge in [-0.25, -0.2) is 19.6 Å². The number of aryl methyl sites for hydroxylation is 1. The molecule has 10 heteroatoms. The highest BCUT2D eigenvalue weighted by Gasteiger charge is 2.34. The second-order valence-corrected chi connectivity index (χ2v) is 10.3. The van der Waals surface area contributed by atoms with Crippen LogP contribution in [0.2, 0.25) is 0 Å². The summed E-state index contributed by atoms with van der Waals surface area (Å²) in [4.78, 5) is 18.4. The number of hydrazine groups is 1. The molecule has 1 aliphatic heterocycles. The summed E-state index contributed by atoms with van der Waals surface area (Å²) >= 11 is 0. The number of likely N-dealkylation sites (tertiary alicyclic amines) is 1. The monoisotopic (exact) mass is 526 g/mol. The number of hydrogen-bond acceptors (Lipinski definition) is 6. The van der Waals surface area contributed by atoms with Crippen LogP contribution >= 0.6 is 0 Å². The van der Waals surface area contributed by atoms with E-state index >= 15 is 0 Å². The quantitative estimate of drug-likeness (QED) is 0.217. The molecule has 8 nitrogen and oxygen atoms in total. The summed E-state index contributed by atoms with van der Waals surface area (Å²) < 4.78 is 29.2. The van der Waals surface area contributed by atoms with Crippen LogP contribution in [0.15, 0.2) is 42.7 Å². The topological polar surface area (TPSA) is 114 Å². The number of piperidine rings is 1. The number of hydrogen-bond donors (Lipinski definition) is 3. The number of alkyl halides is 2. The minimum Gasteiger partial charge on any atom is -0.481 e. The number of imidazole rings is 1. The first-order chi connectivity index (χ1) is 17.9. The fourth-order valence-corrected chi connectivity index (χ4v) is 5.13. The van der Waals surface area contributed by atoms with E-state index in [2.05, 4.69) is 4.98 Å². The largest absolute Gasteiger partial charge is 0.481 e. The lowest BCUT2D eigenvalue weighted by Gasteiger charge is -2.31. The summed E-state index contributed by atoms with van der Waals surface area (Å²) in [6, 6.07) is 9.73. The first-order valence-corrected chi connectivity index (χ1v) is 12.7. The molecule has 0 radical (unpaired) electrons. The lowest BCUT2D eigenvalue weighted by atomic mass is 9.84. The van der Waals surface area contributed by atoms with E-state index < -0.39 is 17.8 Å². The third-order valence-corrected chi connectivity index (χ3v) is 7.54. The van der Waals surface area contributed by atoms with Gasteiger partial charge >= 0.3 is 5.97 Å². The van der Waals surface area contributed by atoms with E-state index in [-0.39, 0.29) is 19.3 Å². The molecule has 1 saturated heterocycles. The van der Waals surface area contributed by atoms with Gasteiger partial charge in [0.1, 0.15) is 5.82 Å². The first-order valence-electron chi connectivity index (χ1n) is 12.7. The maximum atomic E-state index is 13.6. The number of carboxylic acids is 1. The van der Waals surface area contributed by atoms with E-state index in [1.807, 2.05) is 59.8 Å². The lowest BCUT2D eigenvalue weighted by molar-refractivity contribution is -0.137. The molecule has 204 valence electrons. The van der Waals surface area contributed by atoms with Crippen molar-refractivity contribution in [3.63, 3.8) is 0 Å². The summed E-state index contributed by atoms with van der Waals surface area (Å²) in [7, 11) is 1.71. The van der Waals surface area contributed by atoms with Gasteiger partial charge in [-0.2, -0.15) is 0 Å². The van der Waals surface area contributed by atoms with Gasteiger partial charge in [-0.1, -0.05) is 24.3 Å². The SMILES string of the molecule is Cc1ccc(C(CC(=O)O)c2ccc(N(C)N)c(N)c2C)cc1Cn1ccnc1CN1CCC(F)(F)CC1. The van der Waals surface area contributed by atoms with Crippen molar-refractivity contribution in [2.24, 2.45) is 5.84 Å². The van der Waals surface area contributed by atoms with Gasteiger partial charge in [0.25, 0.3) is 5.92 Å². The van der Waals surface area contributed by atoms with Crippen LogP contribution in [-0.4, -0.2) is 51.6 Å². The smallest absolute Gasteiger partial charge is 0.304 e. The van der Waals surface area contributed by atoms with Crippen LogP contribution in [0.5, 0.6) is 0 Å². The second-order valence-electron chi connectivity index (χ2n) is 10.3. The van der Waals surface area contributed by atoms with Crippen LogP contribution in [0.3, 0.4) is 0 Å². The van der Waals surface area contributed by atoms with E-state index in [9.17, 15) is 18.7 Å². The Bertz CT molecular complexity index is 1300. The third kappa shape index (κ3) is 6.14. The van der Waals surface area contributed by atoms with Crippen LogP contribution in [0.4, 0.5) is 20.2 Å². The highest BCUT2D eigenvalue weighted by atomic mass is 19.3. The van der Waals surface area contributed by atoms with Gasteiger partial charge in [0, 0.05) is 57.8 Å². The predicted octanol–water partition coefficient (Wildman–Crippen LogP) is 4.28. The van der Waals surface area contributed by atoms with Crippen LogP contribution in [-0.2, 0) is 17.9 Å². The molecule has 1 fully saturated rings. The Morgan fingerprint density at radius 2 is 1.89 bits per heavy atom. The number of nitrogen functional groups attached to an aromatic ring is 1. The average molecular weight is 527 g/mol. The van der Waals surface area contributed by atoms with Gasteiger partial charge in [0.05, 0.1) is 24.3 Å². The van der Waals surface area contributed by atoms with Gasteiger partial charge in [-0.15, -0.1) is 0 Å². The zero-order chi connectivity index (χ0) is 27.6. The van der Waals surface area contributed by atoms with E-state index in [1.54, 1.807) is 13.2 Å². The number of benzene rings is 2. The lowest BCUT2D eigenvalue weighted by Crippen LogP contribution is -2.39. The maximum Gasteiger partial charge on any atom is 0.304 e. The number of halogens is 2. The van der Waals surface area contributed by atoms with E-state index in [4.69, 9.17) is 11.6 Å². The molecule has 1 unspecified atom stereocenters. The molecule has 3 aromatic rings. The number of nitrogens with zero attached hydrogens (tertiary/aromatic N) is 4. The minimum atomic E-state index is -2.58. The van der Waals surface area contributed by atoms with Gasteiger partial charge < -0.3 is 20.4 Å². The van der Waals surface area contributed by atoms with Crippen molar-refractivity contribution in [2.75, 3.05) is 30.9 Å². The molecule has 0 spiro atoms. The molecule has 2 aromatic carbocycles. The Kier molecular flexibility index (Phi) is 8.03. The minimum absolute atomic E-state index is 0.0868. The standard InChI is InChI=1S/C28H36F2N6O2/c1-18-4-5-20(23(15-26(37)38)22-6-7-24(34(3)32)27(31)19(22)2)14-21(18)16-36-13-10-33-25(36)17-35-11-8-28(29,30)9-12-35/h4-7,10,13-14,23H,8-9,11-12,15-17,31-32H2,1-3H3,(H,37,38). The summed E-state index contributed by atoms with van der Waals surface area (Å²) in [6.45, 7) is 5.62. The number of carbonyl (C=O) groups is 1. The van der Waals surface area contributed by atoms with Crippen LogP contribution in [0.25, 0.3) is 0 Å². The molecular formula is C28H36F2N6O2. The average Bonchev–Trinajstić information content (AvgIpc) is 3.28. The molecule has 1 aromatic heterocycles. The van der Waals surface area contributed by atoms with Gasteiger partial charge in [-0.3, -0.25) is 9.69 Å². The van der Waals surface area contributed by atoms with Gasteiger partial charge in [0.15, 0.2) is 0 Å². The summed E-state index contributed by atoms with van der Waals surface area (Å²) in [5.41, 5.74) is 12.2. The van der Waals surface area contributed by atoms with E-state index in [0.717, 1.165) is 33.6 Å². The molecule has 1 aliphatic rings. The number of aromatic nitrogens is 2. The number of rotatable bonds is 9. The molecule has 2 heterocycles. The molecule has 5 N–H and O–H groups in total. The molecule has 38 heavy (non-hydrogen) atoms. The maximum absolute atomic E-state index is 13.6. The highest BCUT2D eigenvalue weighted by molar-refractivity contribution is 5.74. The zero-order valence-electron chi connectivity index (χ0n) is 22.1. The molecule has 0 aliphatic carbocycles. The highest BCUT2D eigenvalue weighted by Crippen LogP contribution is 2.37. The molecule has 4 rings (SSSR count). The van der Waals surface area contributed by atoms with Crippen LogP contribution < -0.4 is 16.6 Å². The van der Waals surface area contributed by atoms with Crippen LogP contribution in [0, 0.1) is 13.8 Å². The first kappa shape index (κ1) is 27.5. The fourth-order valence-electron chi connectivity index (χ4n) is 5.13. The number of nitrogens with two attached hydrogens (primary N) is 2. The number of aliphatic carboxylic acids is 1. The summed E-state index contributed by atoms with van der Waals surface area (Å²) in [6.07, 6.45) is 3.26. The zero-order valence-corrected chi connectivity index (χ0v) is 22.1. The van der Waals surface area contributed by atoms with Gasteiger partial charge in [-0.05, 0) is 47.7 Å². The number of carboxylic acid groups (broad SMARTS) is 1. The number of anilines is 2. The second kappa shape index (κ2) is 11.1.